The van der Waals surface area contributed by atoms with Crippen LogP contribution in [-0.4, -0.2) is 29.7 Å². The minimum atomic E-state index is -0.330. The maximum absolute atomic E-state index is 13.6. The van der Waals surface area contributed by atoms with Crippen molar-refractivity contribution < 1.29 is 4.39 Å². The molecule has 3 rings (SSSR count). The van der Waals surface area contributed by atoms with Crippen molar-refractivity contribution in [3.8, 4) is 17.3 Å². The molecule has 2 aromatic heterocycles. The minimum Gasteiger partial charge on any atom is -0.368 e. The molecule has 0 saturated heterocycles. The van der Waals surface area contributed by atoms with Gasteiger partial charge in [0.25, 0.3) is 5.95 Å². The normalized spacial score (nSPS) is 10.7. The van der Waals surface area contributed by atoms with Gasteiger partial charge in [-0.3, -0.25) is 0 Å². The summed E-state index contributed by atoms with van der Waals surface area (Å²) in [4.78, 5) is 16.0. The molecule has 2 N–H and O–H groups in total. The molecule has 0 aliphatic rings. The van der Waals surface area contributed by atoms with Crippen LogP contribution in [0.5, 0.6) is 0 Å². The second-order valence-corrected chi connectivity index (χ2v) is 4.12. The summed E-state index contributed by atoms with van der Waals surface area (Å²) < 4.78 is 15.0. The monoisotopic (exact) mass is 271 g/mol. The second kappa shape index (κ2) is 4.65. The first-order chi connectivity index (χ1) is 9.63. The van der Waals surface area contributed by atoms with Crippen LogP contribution in [0.15, 0.2) is 30.9 Å². The molecular formula is C12H10FN7. The Labute approximate surface area is 113 Å². The predicted molar refractivity (Wildman–Crippen MR) is 69.3 cm³/mol. The maximum atomic E-state index is 13.6. The molecule has 0 spiro atoms. The number of aryl methyl sites for hydroxylation is 1. The lowest BCUT2D eigenvalue weighted by Crippen LogP contribution is -2.08. The van der Waals surface area contributed by atoms with E-state index in [0.29, 0.717) is 11.1 Å². The van der Waals surface area contributed by atoms with Crippen molar-refractivity contribution in [1.29, 1.82) is 0 Å². The van der Waals surface area contributed by atoms with E-state index >= 15 is 0 Å². The van der Waals surface area contributed by atoms with Crippen LogP contribution in [0, 0.1) is 12.7 Å². The highest BCUT2D eigenvalue weighted by atomic mass is 19.1. The van der Waals surface area contributed by atoms with E-state index in [-0.39, 0.29) is 23.5 Å². The molecule has 0 saturated carbocycles. The number of rotatable bonds is 2. The van der Waals surface area contributed by atoms with E-state index in [4.69, 9.17) is 5.73 Å². The van der Waals surface area contributed by atoms with E-state index in [0.717, 1.165) is 0 Å². The van der Waals surface area contributed by atoms with Crippen LogP contribution in [0.25, 0.3) is 17.3 Å². The van der Waals surface area contributed by atoms with Gasteiger partial charge >= 0.3 is 0 Å². The Morgan fingerprint density at radius 3 is 2.75 bits per heavy atom. The molecule has 7 nitrogen and oxygen atoms in total. The van der Waals surface area contributed by atoms with E-state index in [1.807, 2.05) is 0 Å². The van der Waals surface area contributed by atoms with Crippen LogP contribution in [0.3, 0.4) is 0 Å². The molecule has 0 fully saturated rings. The fourth-order valence-electron chi connectivity index (χ4n) is 1.66. The Bertz CT molecular complexity index is 755. The number of aromatic nitrogens is 6. The number of halogens is 1. The first kappa shape index (κ1) is 12.2. The van der Waals surface area contributed by atoms with Crippen molar-refractivity contribution in [3.05, 3.63) is 42.2 Å². The second-order valence-electron chi connectivity index (χ2n) is 4.12. The van der Waals surface area contributed by atoms with Gasteiger partial charge in [0.15, 0.2) is 5.82 Å². The Kier molecular flexibility index (Phi) is 2.82. The highest BCUT2D eigenvalue weighted by molar-refractivity contribution is 5.57. The molecule has 0 atom stereocenters. The largest absolute Gasteiger partial charge is 0.368 e. The third-order valence-corrected chi connectivity index (χ3v) is 2.69. The Morgan fingerprint density at radius 2 is 2.05 bits per heavy atom. The molecule has 0 unspecified atom stereocenters. The van der Waals surface area contributed by atoms with Crippen molar-refractivity contribution >= 4 is 5.95 Å². The number of nitrogens with two attached hydrogens (primary N) is 1. The lowest BCUT2D eigenvalue weighted by Gasteiger charge is -2.05. The third-order valence-electron chi connectivity index (χ3n) is 2.69. The molecular weight excluding hydrogens is 261 g/mol. The van der Waals surface area contributed by atoms with Gasteiger partial charge in [-0.1, -0.05) is 12.1 Å². The van der Waals surface area contributed by atoms with E-state index in [2.05, 4.69) is 25.0 Å². The number of hydrogen-bond acceptors (Lipinski definition) is 6. The lowest BCUT2D eigenvalue weighted by molar-refractivity contribution is 0.619. The van der Waals surface area contributed by atoms with Gasteiger partial charge in [-0.15, -0.1) is 0 Å². The number of nitrogens with zero attached hydrogens (tertiary/aromatic N) is 6. The van der Waals surface area contributed by atoms with Crippen LogP contribution in [0.2, 0.25) is 0 Å². The van der Waals surface area contributed by atoms with Gasteiger partial charge in [0.1, 0.15) is 18.5 Å². The SMILES string of the molecule is Cc1ccc(-c2nc(N)nc(-n3cncn3)n2)cc1F. The van der Waals surface area contributed by atoms with Crippen molar-refractivity contribution in [3.63, 3.8) is 0 Å². The fraction of sp³-hybridized carbons (Fsp3) is 0.0833. The standard InChI is InChI=1S/C12H10FN7/c1-7-2-3-8(4-9(7)13)10-17-11(14)19-12(18-10)20-6-15-5-16-20/h2-6H,1H3,(H2,14,17,18,19). The molecule has 0 amide bonds. The fourth-order valence-corrected chi connectivity index (χ4v) is 1.66. The quantitative estimate of drug-likeness (QED) is 0.751. The molecule has 0 radical (unpaired) electrons. The predicted octanol–water partition coefficient (Wildman–Crippen LogP) is 1.15. The van der Waals surface area contributed by atoms with Gasteiger partial charge in [0, 0.05) is 5.56 Å². The van der Waals surface area contributed by atoms with Crippen LogP contribution < -0.4 is 5.73 Å². The summed E-state index contributed by atoms with van der Waals surface area (Å²) in [6.07, 6.45) is 2.79. The summed E-state index contributed by atoms with van der Waals surface area (Å²) in [5.74, 6) is 0.207. The molecule has 8 heteroatoms. The van der Waals surface area contributed by atoms with Crippen molar-refractivity contribution in [2.24, 2.45) is 0 Å². The molecule has 20 heavy (non-hydrogen) atoms. The average Bonchev–Trinajstić information content (AvgIpc) is 2.95. The van der Waals surface area contributed by atoms with Crippen LogP contribution in [0.1, 0.15) is 5.56 Å². The van der Waals surface area contributed by atoms with Crippen LogP contribution in [0.4, 0.5) is 10.3 Å². The highest BCUT2D eigenvalue weighted by Crippen LogP contribution is 2.19. The number of hydrogen-bond donors (Lipinski definition) is 1. The Hall–Kier alpha value is -2.90. The molecule has 0 aliphatic heterocycles. The van der Waals surface area contributed by atoms with Gasteiger partial charge in [-0.2, -0.15) is 24.7 Å². The van der Waals surface area contributed by atoms with Gasteiger partial charge in [-0.25, -0.2) is 9.37 Å². The first-order valence-corrected chi connectivity index (χ1v) is 5.76. The number of anilines is 1. The Morgan fingerprint density at radius 1 is 1.20 bits per heavy atom. The summed E-state index contributed by atoms with van der Waals surface area (Å²) in [6.45, 7) is 1.68. The van der Waals surface area contributed by atoms with Gasteiger partial charge < -0.3 is 5.73 Å². The van der Waals surface area contributed by atoms with Crippen LogP contribution >= 0.6 is 0 Å². The molecule has 100 valence electrons. The number of benzene rings is 1. The smallest absolute Gasteiger partial charge is 0.257 e. The van der Waals surface area contributed by atoms with Gasteiger partial charge in [0.05, 0.1) is 0 Å². The zero-order chi connectivity index (χ0) is 14.1. The van der Waals surface area contributed by atoms with Gasteiger partial charge in [0.2, 0.25) is 5.95 Å². The molecule has 3 aromatic rings. The summed E-state index contributed by atoms with van der Waals surface area (Å²) in [7, 11) is 0. The zero-order valence-electron chi connectivity index (χ0n) is 10.5. The topological polar surface area (TPSA) is 95.4 Å². The molecule has 2 heterocycles. The summed E-state index contributed by atoms with van der Waals surface area (Å²) in [5, 5.41) is 3.92. The van der Waals surface area contributed by atoms with Crippen molar-refractivity contribution in [2.75, 3.05) is 5.73 Å². The zero-order valence-corrected chi connectivity index (χ0v) is 10.5. The first-order valence-electron chi connectivity index (χ1n) is 5.76. The van der Waals surface area contributed by atoms with E-state index in [1.54, 1.807) is 19.1 Å². The van der Waals surface area contributed by atoms with Crippen LogP contribution in [-0.2, 0) is 0 Å². The van der Waals surface area contributed by atoms with Crippen molar-refractivity contribution in [2.45, 2.75) is 6.92 Å². The Balaban J connectivity index is 2.12. The summed E-state index contributed by atoms with van der Waals surface area (Å²) in [6, 6.07) is 4.73. The molecule has 1 aromatic carbocycles. The van der Waals surface area contributed by atoms with E-state index in [1.165, 1.54) is 23.4 Å². The van der Waals surface area contributed by atoms with E-state index < -0.39 is 0 Å². The summed E-state index contributed by atoms with van der Waals surface area (Å²) in [5.41, 5.74) is 6.72. The minimum absolute atomic E-state index is 0.0292. The third kappa shape index (κ3) is 2.18. The summed E-state index contributed by atoms with van der Waals surface area (Å²) >= 11 is 0. The average molecular weight is 271 g/mol. The lowest BCUT2D eigenvalue weighted by atomic mass is 10.1. The van der Waals surface area contributed by atoms with Crippen molar-refractivity contribution in [1.82, 2.24) is 29.7 Å². The van der Waals surface area contributed by atoms with Gasteiger partial charge in [-0.05, 0) is 18.6 Å². The maximum Gasteiger partial charge on any atom is 0.257 e. The molecule has 0 aliphatic carbocycles. The van der Waals surface area contributed by atoms with E-state index in [9.17, 15) is 4.39 Å². The number of nitrogen functional groups attached to an aromatic ring is 1. The highest BCUT2D eigenvalue weighted by Gasteiger charge is 2.10. The molecule has 0 bridgehead atoms.